The lowest BCUT2D eigenvalue weighted by Gasteiger charge is -2.24. The first-order valence-corrected chi connectivity index (χ1v) is 16.0. The van der Waals surface area contributed by atoms with E-state index in [-0.39, 0.29) is 6.17 Å². The van der Waals surface area contributed by atoms with E-state index >= 15 is 0 Å². The third-order valence-corrected chi connectivity index (χ3v) is 9.13. The smallest absolute Gasteiger partial charge is 0.227 e. The van der Waals surface area contributed by atoms with Crippen LogP contribution in [0, 0.1) is 0 Å². The average molecular weight is 619 g/mol. The van der Waals surface area contributed by atoms with Gasteiger partial charge in [-0.05, 0) is 69.6 Å². The maximum Gasteiger partial charge on any atom is 0.227 e. The third-order valence-electron chi connectivity index (χ3n) is 9.13. The van der Waals surface area contributed by atoms with Crippen LogP contribution in [0.25, 0.3) is 66.0 Å². The minimum Gasteiger partial charge on any atom is -0.456 e. The van der Waals surface area contributed by atoms with Gasteiger partial charge < -0.3 is 14.2 Å². The molecule has 0 saturated carbocycles. The first-order chi connectivity index (χ1) is 23.7. The van der Waals surface area contributed by atoms with Crippen molar-refractivity contribution in [2.45, 2.75) is 6.17 Å². The fourth-order valence-electron chi connectivity index (χ4n) is 6.78. The molecule has 9 aromatic rings. The average Bonchev–Trinajstić information content (AvgIpc) is 3.75. The van der Waals surface area contributed by atoms with Gasteiger partial charge in [0.05, 0.1) is 5.39 Å². The van der Waals surface area contributed by atoms with E-state index in [0.717, 1.165) is 77.3 Å². The molecule has 10 rings (SSSR count). The van der Waals surface area contributed by atoms with Crippen LogP contribution in [0.1, 0.15) is 22.9 Å². The third kappa shape index (κ3) is 4.31. The molecule has 7 aromatic carbocycles. The van der Waals surface area contributed by atoms with Crippen molar-refractivity contribution in [3.63, 3.8) is 0 Å². The normalized spacial score (nSPS) is 14.9. The molecular formula is C42H26N4O2. The van der Waals surface area contributed by atoms with Gasteiger partial charge in [0.25, 0.3) is 0 Å². The van der Waals surface area contributed by atoms with Crippen molar-refractivity contribution in [3.8, 4) is 11.5 Å². The zero-order chi connectivity index (χ0) is 31.6. The highest BCUT2D eigenvalue weighted by Gasteiger charge is 2.23. The Kier molecular flexibility index (Phi) is 5.84. The summed E-state index contributed by atoms with van der Waals surface area (Å²) < 4.78 is 12.6. The summed E-state index contributed by atoms with van der Waals surface area (Å²) in [5, 5.41) is 9.94. The van der Waals surface area contributed by atoms with Crippen molar-refractivity contribution in [2.24, 2.45) is 9.98 Å². The molecule has 0 amide bonds. The first kappa shape index (κ1) is 26.7. The second kappa shape index (κ2) is 10.5. The number of nitrogens with one attached hydrogen (secondary N) is 1. The molecule has 3 heterocycles. The SMILES string of the molecule is c1ccc(-c2nc3c(ccc4oc5cc6cccc(C7=NC(c8ccccc8)NC(c8ccc9ccccc9c8)=N7)c6cc5c43)o2)cc1. The van der Waals surface area contributed by atoms with Crippen LogP contribution in [0.4, 0.5) is 0 Å². The largest absolute Gasteiger partial charge is 0.456 e. The highest BCUT2D eigenvalue weighted by atomic mass is 16.4. The number of oxazole rings is 1. The summed E-state index contributed by atoms with van der Waals surface area (Å²) >= 11 is 0. The summed E-state index contributed by atoms with van der Waals surface area (Å²) in [6.07, 6.45) is -0.305. The van der Waals surface area contributed by atoms with Gasteiger partial charge in [-0.3, -0.25) is 0 Å². The fourth-order valence-corrected chi connectivity index (χ4v) is 6.78. The van der Waals surface area contributed by atoms with Gasteiger partial charge in [0, 0.05) is 22.1 Å². The number of hydrogen-bond donors (Lipinski definition) is 1. The van der Waals surface area contributed by atoms with Gasteiger partial charge in [-0.25, -0.2) is 15.0 Å². The van der Waals surface area contributed by atoms with Crippen molar-refractivity contribution in [1.29, 1.82) is 0 Å². The standard InChI is InChI=1S/C42H26N4O2/c1-3-11-26(12-4-1)39-44-40(30-19-18-25-10-7-8-15-28(25)22-30)46-41(45-39)31-17-9-16-29-23-36-33(24-32(29)31)37-34(47-36)20-21-35-38(37)43-42(48-35)27-13-5-2-6-14-27/h1-24,39H,(H,44,45,46). The molecule has 226 valence electrons. The number of nitrogens with zero attached hydrogens (tertiary/aromatic N) is 3. The van der Waals surface area contributed by atoms with Crippen LogP contribution >= 0.6 is 0 Å². The van der Waals surface area contributed by atoms with E-state index in [1.807, 2.05) is 60.7 Å². The van der Waals surface area contributed by atoms with Crippen LogP contribution < -0.4 is 5.32 Å². The van der Waals surface area contributed by atoms with E-state index in [9.17, 15) is 0 Å². The summed E-state index contributed by atoms with van der Waals surface area (Å²) in [5.74, 6) is 2.03. The van der Waals surface area contributed by atoms with Crippen molar-refractivity contribution in [2.75, 3.05) is 0 Å². The topological polar surface area (TPSA) is 75.9 Å². The van der Waals surface area contributed by atoms with Crippen LogP contribution in [-0.4, -0.2) is 16.7 Å². The van der Waals surface area contributed by atoms with E-state index in [1.54, 1.807) is 0 Å². The van der Waals surface area contributed by atoms with Crippen LogP contribution in [0.5, 0.6) is 0 Å². The number of furan rings is 1. The lowest BCUT2D eigenvalue weighted by Crippen LogP contribution is -2.33. The van der Waals surface area contributed by atoms with Crippen LogP contribution in [0.15, 0.2) is 164 Å². The molecule has 0 spiro atoms. The minimum atomic E-state index is -0.305. The van der Waals surface area contributed by atoms with Gasteiger partial charge in [0.1, 0.15) is 28.7 Å². The molecule has 0 fully saturated rings. The van der Waals surface area contributed by atoms with Crippen molar-refractivity contribution in [3.05, 3.63) is 162 Å². The Balaban J connectivity index is 1.18. The van der Waals surface area contributed by atoms with Gasteiger partial charge >= 0.3 is 0 Å². The second-order valence-electron chi connectivity index (χ2n) is 12.1. The molecule has 1 N–H and O–H groups in total. The van der Waals surface area contributed by atoms with Crippen LogP contribution in [0.2, 0.25) is 0 Å². The van der Waals surface area contributed by atoms with Gasteiger partial charge in [-0.15, -0.1) is 0 Å². The molecule has 1 aliphatic rings. The number of hydrogen-bond acceptors (Lipinski definition) is 6. The zero-order valence-electron chi connectivity index (χ0n) is 25.6. The molecule has 1 aliphatic heterocycles. The quantitative estimate of drug-likeness (QED) is 0.213. The number of rotatable bonds is 4. The molecule has 1 unspecified atom stereocenters. The van der Waals surface area contributed by atoms with Gasteiger partial charge in [0.2, 0.25) is 5.89 Å². The molecule has 48 heavy (non-hydrogen) atoms. The molecular weight excluding hydrogens is 592 g/mol. The number of benzene rings is 7. The fraction of sp³-hybridized carbons (Fsp3) is 0.0238. The monoisotopic (exact) mass is 618 g/mol. The molecule has 2 aromatic heterocycles. The highest BCUT2D eigenvalue weighted by molar-refractivity contribution is 6.23. The Morgan fingerprint density at radius 2 is 1.31 bits per heavy atom. The maximum absolute atomic E-state index is 6.40. The number of aromatic nitrogens is 1. The van der Waals surface area contributed by atoms with E-state index < -0.39 is 0 Å². The Morgan fingerprint density at radius 3 is 2.19 bits per heavy atom. The Morgan fingerprint density at radius 1 is 0.542 bits per heavy atom. The van der Waals surface area contributed by atoms with E-state index in [2.05, 4.69) is 90.2 Å². The van der Waals surface area contributed by atoms with E-state index in [1.165, 1.54) is 5.39 Å². The predicted molar refractivity (Wildman–Crippen MR) is 194 cm³/mol. The first-order valence-electron chi connectivity index (χ1n) is 16.0. The minimum absolute atomic E-state index is 0.305. The Bertz CT molecular complexity index is 2760. The second-order valence-corrected chi connectivity index (χ2v) is 12.1. The van der Waals surface area contributed by atoms with Crippen molar-refractivity contribution in [1.82, 2.24) is 10.3 Å². The molecule has 0 saturated heterocycles. The predicted octanol–water partition coefficient (Wildman–Crippen LogP) is 10.2. The molecule has 0 bridgehead atoms. The van der Waals surface area contributed by atoms with E-state index in [4.69, 9.17) is 23.8 Å². The summed E-state index contributed by atoms with van der Waals surface area (Å²) in [4.78, 5) is 15.3. The number of amidine groups is 2. The zero-order valence-corrected chi connectivity index (χ0v) is 25.6. The highest BCUT2D eigenvalue weighted by Crippen LogP contribution is 2.39. The van der Waals surface area contributed by atoms with E-state index in [0.29, 0.717) is 11.7 Å². The molecule has 0 radical (unpaired) electrons. The van der Waals surface area contributed by atoms with Crippen LogP contribution in [-0.2, 0) is 0 Å². The molecule has 0 aliphatic carbocycles. The Labute approximate surface area is 274 Å². The van der Waals surface area contributed by atoms with Crippen molar-refractivity contribution >= 4 is 66.3 Å². The summed E-state index contributed by atoms with van der Waals surface area (Å²) in [6, 6.07) is 49.5. The van der Waals surface area contributed by atoms with Gasteiger partial charge in [-0.2, -0.15) is 0 Å². The van der Waals surface area contributed by atoms with Crippen LogP contribution in [0.3, 0.4) is 0 Å². The lowest BCUT2D eigenvalue weighted by molar-refractivity contribution is 0.619. The number of fused-ring (bicyclic) bond motifs is 7. The maximum atomic E-state index is 6.40. The number of aliphatic imine (C=N–C) groups is 2. The summed E-state index contributed by atoms with van der Waals surface area (Å²) in [5.41, 5.74) is 7.00. The summed E-state index contributed by atoms with van der Waals surface area (Å²) in [7, 11) is 0. The van der Waals surface area contributed by atoms with Gasteiger partial charge in [-0.1, -0.05) is 103 Å². The lowest BCUT2D eigenvalue weighted by atomic mass is 10.00. The molecule has 6 nitrogen and oxygen atoms in total. The molecule has 6 heteroatoms. The Hall–Kier alpha value is -6.53. The van der Waals surface area contributed by atoms with Crippen molar-refractivity contribution < 1.29 is 8.83 Å². The van der Waals surface area contributed by atoms with Gasteiger partial charge in [0.15, 0.2) is 11.4 Å². The molecule has 1 atom stereocenters. The summed E-state index contributed by atoms with van der Waals surface area (Å²) in [6.45, 7) is 0.